The minimum Gasteiger partial charge on any atom is -0.271 e. The van der Waals surface area contributed by atoms with E-state index in [0.29, 0.717) is 6.04 Å². The maximum atomic E-state index is 5.61. The predicted molar refractivity (Wildman–Crippen MR) is 70.3 cm³/mol. The maximum Gasteiger partial charge on any atom is 0.0213 e. The van der Waals surface area contributed by atoms with E-state index < -0.39 is 0 Å². The van der Waals surface area contributed by atoms with Gasteiger partial charge in [-0.3, -0.25) is 11.3 Å². The van der Waals surface area contributed by atoms with Gasteiger partial charge in [0.15, 0.2) is 0 Å². The number of rotatable bonds is 7. The highest BCUT2D eigenvalue weighted by Crippen LogP contribution is 2.31. The van der Waals surface area contributed by atoms with E-state index in [1.165, 1.54) is 49.8 Å². The Bertz CT molecular complexity index is 280. The van der Waals surface area contributed by atoms with Gasteiger partial charge in [0.25, 0.3) is 0 Å². The van der Waals surface area contributed by atoms with Gasteiger partial charge in [-0.05, 0) is 43.0 Å². The number of nitrogens with one attached hydrogen (secondary N) is 1. The molecule has 3 heteroatoms. The van der Waals surface area contributed by atoms with Crippen molar-refractivity contribution in [3.8, 4) is 0 Å². The van der Waals surface area contributed by atoms with Gasteiger partial charge in [-0.15, -0.1) is 11.3 Å². The first-order chi connectivity index (χ1) is 7.88. The van der Waals surface area contributed by atoms with E-state index >= 15 is 0 Å². The molecule has 90 valence electrons. The molecular formula is C13H22N2S. The van der Waals surface area contributed by atoms with Crippen LogP contribution >= 0.6 is 11.3 Å². The Morgan fingerprint density at radius 2 is 2.38 bits per heavy atom. The molecule has 2 nitrogen and oxygen atoms in total. The zero-order valence-corrected chi connectivity index (χ0v) is 10.6. The predicted octanol–water partition coefficient (Wildman–Crippen LogP) is 3.09. The van der Waals surface area contributed by atoms with Crippen molar-refractivity contribution in [3.05, 3.63) is 22.4 Å². The van der Waals surface area contributed by atoms with Crippen LogP contribution in [0.1, 0.15) is 43.4 Å². The van der Waals surface area contributed by atoms with Crippen molar-refractivity contribution in [2.45, 2.75) is 51.0 Å². The average Bonchev–Trinajstić information content (AvgIpc) is 2.73. The molecule has 0 radical (unpaired) electrons. The van der Waals surface area contributed by atoms with Crippen LogP contribution in [0.25, 0.3) is 0 Å². The van der Waals surface area contributed by atoms with E-state index in [1.54, 1.807) is 0 Å². The zero-order chi connectivity index (χ0) is 11.2. The molecule has 1 aromatic rings. The van der Waals surface area contributed by atoms with Crippen LogP contribution in [0.15, 0.2) is 17.5 Å². The smallest absolute Gasteiger partial charge is 0.0213 e. The van der Waals surface area contributed by atoms with Crippen molar-refractivity contribution >= 4 is 11.3 Å². The molecule has 0 aliphatic heterocycles. The molecule has 3 N–H and O–H groups in total. The second-order valence-electron chi connectivity index (χ2n) is 4.87. The summed E-state index contributed by atoms with van der Waals surface area (Å²) in [6.45, 7) is 0. The summed E-state index contributed by atoms with van der Waals surface area (Å²) in [5.41, 5.74) is 2.98. The highest BCUT2D eigenvalue weighted by atomic mass is 32.1. The van der Waals surface area contributed by atoms with Gasteiger partial charge in [0.2, 0.25) is 0 Å². The van der Waals surface area contributed by atoms with Crippen LogP contribution in [-0.2, 0) is 6.42 Å². The largest absolute Gasteiger partial charge is 0.271 e. The van der Waals surface area contributed by atoms with Crippen molar-refractivity contribution in [1.82, 2.24) is 5.43 Å². The zero-order valence-electron chi connectivity index (χ0n) is 9.82. The average molecular weight is 238 g/mol. The lowest BCUT2D eigenvalue weighted by molar-refractivity contribution is 0.253. The van der Waals surface area contributed by atoms with Gasteiger partial charge >= 0.3 is 0 Å². The van der Waals surface area contributed by atoms with Gasteiger partial charge < -0.3 is 0 Å². The van der Waals surface area contributed by atoms with Crippen molar-refractivity contribution < 1.29 is 0 Å². The van der Waals surface area contributed by atoms with E-state index in [2.05, 4.69) is 22.9 Å². The van der Waals surface area contributed by atoms with Crippen LogP contribution in [0, 0.1) is 5.92 Å². The maximum absolute atomic E-state index is 5.61. The molecule has 1 heterocycles. The third-order valence-electron chi connectivity index (χ3n) is 3.63. The first kappa shape index (κ1) is 12.1. The summed E-state index contributed by atoms with van der Waals surface area (Å²) >= 11 is 1.86. The molecule has 2 rings (SSSR count). The highest BCUT2D eigenvalue weighted by Gasteiger charge is 2.21. The molecule has 0 saturated heterocycles. The summed E-state index contributed by atoms with van der Waals surface area (Å²) < 4.78 is 0. The van der Waals surface area contributed by atoms with Gasteiger partial charge in [-0.2, -0.15) is 0 Å². The standard InChI is InChI=1S/C13H22N2S/c14-15-12(10-11-4-1-5-11)6-2-7-13-8-3-9-16-13/h3,8-9,11-12,15H,1-2,4-7,10,14H2. The molecule has 1 fully saturated rings. The van der Waals surface area contributed by atoms with Gasteiger partial charge in [0, 0.05) is 10.9 Å². The summed E-state index contributed by atoms with van der Waals surface area (Å²) in [5, 5.41) is 2.16. The molecule has 1 aliphatic rings. The molecule has 1 unspecified atom stereocenters. The van der Waals surface area contributed by atoms with Gasteiger partial charge in [0.1, 0.15) is 0 Å². The number of aryl methyl sites for hydroxylation is 1. The Hall–Kier alpha value is -0.380. The van der Waals surface area contributed by atoms with Crippen LogP contribution in [0.3, 0.4) is 0 Å². The molecule has 0 bridgehead atoms. The lowest BCUT2D eigenvalue weighted by Crippen LogP contribution is -2.37. The van der Waals surface area contributed by atoms with Crippen LogP contribution in [0.5, 0.6) is 0 Å². The van der Waals surface area contributed by atoms with Crippen LogP contribution in [0.2, 0.25) is 0 Å². The van der Waals surface area contributed by atoms with E-state index in [-0.39, 0.29) is 0 Å². The Morgan fingerprint density at radius 1 is 1.50 bits per heavy atom. The van der Waals surface area contributed by atoms with Crippen LogP contribution in [0.4, 0.5) is 0 Å². The Balaban J connectivity index is 1.62. The third kappa shape index (κ3) is 3.58. The molecule has 16 heavy (non-hydrogen) atoms. The normalized spacial score (nSPS) is 18.3. The quantitative estimate of drug-likeness (QED) is 0.566. The van der Waals surface area contributed by atoms with Gasteiger partial charge in [-0.1, -0.05) is 25.3 Å². The van der Waals surface area contributed by atoms with E-state index in [9.17, 15) is 0 Å². The van der Waals surface area contributed by atoms with E-state index in [4.69, 9.17) is 5.84 Å². The fourth-order valence-corrected chi connectivity index (χ4v) is 3.13. The van der Waals surface area contributed by atoms with E-state index in [0.717, 1.165) is 5.92 Å². The molecule has 1 aliphatic carbocycles. The molecule has 0 amide bonds. The molecular weight excluding hydrogens is 216 g/mol. The fourth-order valence-electron chi connectivity index (χ4n) is 2.38. The number of nitrogens with two attached hydrogens (primary N) is 1. The third-order valence-corrected chi connectivity index (χ3v) is 4.57. The minimum absolute atomic E-state index is 0.533. The molecule has 0 spiro atoms. The summed E-state index contributed by atoms with van der Waals surface area (Å²) in [6, 6.07) is 4.89. The van der Waals surface area contributed by atoms with Crippen molar-refractivity contribution in [3.63, 3.8) is 0 Å². The lowest BCUT2D eigenvalue weighted by Gasteiger charge is -2.29. The minimum atomic E-state index is 0.533. The van der Waals surface area contributed by atoms with E-state index in [1.807, 2.05) is 11.3 Å². The lowest BCUT2D eigenvalue weighted by atomic mass is 9.80. The summed E-state index contributed by atoms with van der Waals surface area (Å²) in [7, 11) is 0. The summed E-state index contributed by atoms with van der Waals surface area (Å²) in [5.74, 6) is 6.56. The number of hydrogen-bond donors (Lipinski definition) is 2. The monoisotopic (exact) mass is 238 g/mol. The first-order valence-electron chi connectivity index (χ1n) is 6.37. The second-order valence-corrected chi connectivity index (χ2v) is 5.90. The fraction of sp³-hybridized carbons (Fsp3) is 0.692. The second kappa shape index (κ2) is 6.38. The van der Waals surface area contributed by atoms with Gasteiger partial charge in [0.05, 0.1) is 0 Å². The van der Waals surface area contributed by atoms with Crippen molar-refractivity contribution in [2.75, 3.05) is 0 Å². The SMILES string of the molecule is NNC(CCCc1cccs1)CC1CCC1. The summed E-state index contributed by atoms with van der Waals surface area (Å²) in [4.78, 5) is 1.50. The molecule has 1 aromatic heterocycles. The van der Waals surface area contributed by atoms with Crippen molar-refractivity contribution in [2.24, 2.45) is 11.8 Å². The Kier molecular flexibility index (Phi) is 4.82. The first-order valence-corrected chi connectivity index (χ1v) is 7.25. The number of hydrazine groups is 1. The molecule has 0 aromatic carbocycles. The molecule has 1 saturated carbocycles. The van der Waals surface area contributed by atoms with Crippen LogP contribution in [-0.4, -0.2) is 6.04 Å². The topological polar surface area (TPSA) is 38.0 Å². The number of hydrogen-bond acceptors (Lipinski definition) is 3. The Morgan fingerprint density at radius 3 is 2.94 bits per heavy atom. The number of thiophene rings is 1. The summed E-state index contributed by atoms with van der Waals surface area (Å²) in [6.07, 6.45) is 9.22. The Labute approximate surface area is 102 Å². The highest BCUT2D eigenvalue weighted by molar-refractivity contribution is 7.09. The molecule has 1 atom stereocenters. The van der Waals surface area contributed by atoms with Gasteiger partial charge in [-0.25, -0.2) is 0 Å². The van der Waals surface area contributed by atoms with Crippen LogP contribution < -0.4 is 11.3 Å². The van der Waals surface area contributed by atoms with Crippen molar-refractivity contribution in [1.29, 1.82) is 0 Å².